The molecule has 0 saturated carbocycles. The van der Waals surface area contributed by atoms with Crippen molar-refractivity contribution in [2.45, 2.75) is 0 Å². The van der Waals surface area contributed by atoms with Crippen LogP contribution in [0, 0.1) is 0 Å². The first-order valence-electron chi connectivity index (χ1n) is 9.82. The van der Waals surface area contributed by atoms with Crippen LogP contribution in [0.5, 0.6) is 0 Å². The maximum atomic E-state index is 13.2. The van der Waals surface area contributed by atoms with Crippen molar-refractivity contribution in [3.63, 3.8) is 0 Å². The van der Waals surface area contributed by atoms with Crippen LogP contribution >= 0.6 is 15.9 Å². The summed E-state index contributed by atoms with van der Waals surface area (Å²) in [5, 5.41) is 4.48. The van der Waals surface area contributed by atoms with Gasteiger partial charge in [0.25, 0.3) is 5.56 Å². The number of fused-ring (bicyclic) bond motifs is 1. The van der Waals surface area contributed by atoms with Crippen molar-refractivity contribution in [1.29, 1.82) is 0 Å². The van der Waals surface area contributed by atoms with E-state index in [-0.39, 0.29) is 11.4 Å². The maximum absolute atomic E-state index is 13.2. The number of halogens is 1. The normalized spacial score (nSPS) is 11.1. The van der Waals surface area contributed by atoms with Gasteiger partial charge in [0.1, 0.15) is 0 Å². The molecule has 8 heteroatoms. The minimum atomic E-state index is -0.586. The molecule has 3 aromatic carbocycles. The number of rotatable bonds is 5. The Morgan fingerprint density at radius 3 is 2.41 bits per heavy atom. The molecule has 1 N–H and O–H groups in total. The summed E-state index contributed by atoms with van der Waals surface area (Å²) in [7, 11) is 3.93. The summed E-state index contributed by atoms with van der Waals surface area (Å²) >= 11 is 3.39. The minimum Gasteiger partial charge on any atom is -0.378 e. The predicted molar refractivity (Wildman–Crippen MR) is 131 cm³/mol. The first kappa shape index (κ1) is 21.5. The van der Waals surface area contributed by atoms with Crippen molar-refractivity contribution in [3.05, 3.63) is 99.0 Å². The monoisotopic (exact) mass is 489 g/mol. The Balaban J connectivity index is 1.69. The van der Waals surface area contributed by atoms with Crippen molar-refractivity contribution in [1.82, 2.24) is 15.0 Å². The van der Waals surface area contributed by atoms with Crippen LogP contribution in [-0.4, -0.2) is 35.8 Å². The van der Waals surface area contributed by atoms with E-state index in [0.29, 0.717) is 16.6 Å². The molecule has 0 atom stereocenters. The molecule has 0 aliphatic heterocycles. The molecule has 1 aromatic heterocycles. The minimum absolute atomic E-state index is 0.0453. The summed E-state index contributed by atoms with van der Waals surface area (Å²) in [6.07, 6.45) is 1.54. The van der Waals surface area contributed by atoms with E-state index in [4.69, 9.17) is 0 Å². The van der Waals surface area contributed by atoms with Gasteiger partial charge in [-0.25, -0.2) is 10.4 Å². The second-order valence-corrected chi connectivity index (χ2v) is 8.17. The third kappa shape index (κ3) is 4.45. The number of carbonyl (C=O) groups is 1. The van der Waals surface area contributed by atoms with Crippen LogP contribution in [0.15, 0.2) is 87.2 Å². The van der Waals surface area contributed by atoms with Gasteiger partial charge in [-0.2, -0.15) is 5.10 Å². The molecule has 0 unspecified atom stereocenters. The molecular formula is C24H20BrN5O2. The SMILES string of the molecule is CN(C)c1ccc(/C=N\NC(=O)c2nc3ccccc3c(=O)n2-c2ccc(Br)cc2)cc1. The average Bonchev–Trinajstić information content (AvgIpc) is 2.80. The van der Waals surface area contributed by atoms with Gasteiger partial charge >= 0.3 is 5.91 Å². The van der Waals surface area contributed by atoms with E-state index in [9.17, 15) is 9.59 Å². The number of anilines is 1. The summed E-state index contributed by atoms with van der Waals surface area (Å²) in [5.74, 6) is -0.631. The van der Waals surface area contributed by atoms with Crippen LogP contribution in [0.1, 0.15) is 16.2 Å². The molecule has 0 bridgehead atoms. The van der Waals surface area contributed by atoms with E-state index < -0.39 is 5.91 Å². The van der Waals surface area contributed by atoms with Gasteiger partial charge in [-0.15, -0.1) is 0 Å². The van der Waals surface area contributed by atoms with E-state index in [1.165, 1.54) is 4.57 Å². The van der Waals surface area contributed by atoms with Gasteiger partial charge in [-0.1, -0.05) is 40.2 Å². The zero-order valence-electron chi connectivity index (χ0n) is 17.5. The molecule has 7 nitrogen and oxygen atoms in total. The second-order valence-electron chi connectivity index (χ2n) is 7.25. The molecule has 0 radical (unpaired) electrons. The summed E-state index contributed by atoms with van der Waals surface area (Å²) in [6, 6.07) is 21.7. The molecule has 1 amide bonds. The van der Waals surface area contributed by atoms with E-state index >= 15 is 0 Å². The van der Waals surface area contributed by atoms with Gasteiger partial charge < -0.3 is 4.90 Å². The van der Waals surface area contributed by atoms with Gasteiger partial charge in [0.05, 0.1) is 22.8 Å². The molecule has 4 rings (SSSR count). The van der Waals surface area contributed by atoms with E-state index in [1.54, 1.807) is 54.7 Å². The summed E-state index contributed by atoms with van der Waals surface area (Å²) in [5.41, 5.74) is 5.02. The number of nitrogens with one attached hydrogen (secondary N) is 1. The van der Waals surface area contributed by atoms with E-state index in [0.717, 1.165) is 15.7 Å². The molecule has 0 aliphatic rings. The lowest BCUT2D eigenvalue weighted by Gasteiger charge is -2.12. The van der Waals surface area contributed by atoms with Crippen molar-refractivity contribution in [2.24, 2.45) is 5.10 Å². The van der Waals surface area contributed by atoms with Gasteiger partial charge in [-0.3, -0.25) is 14.2 Å². The smallest absolute Gasteiger partial charge is 0.307 e. The van der Waals surface area contributed by atoms with Crippen LogP contribution < -0.4 is 15.9 Å². The Bertz CT molecular complexity index is 1360. The van der Waals surface area contributed by atoms with Crippen molar-refractivity contribution >= 4 is 44.6 Å². The first-order chi connectivity index (χ1) is 15.4. The fourth-order valence-electron chi connectivity index (χ4n) is 3.19. The summed E-state index contributed by atoms with van der Waals surface area (Å²) < 4.78 is 2.16. The van der Waals surface area contributed by atoms with Gasteiger partial charge in [0.2, 0.25) is 5.82 Å². The highest BCUT2D eigenvalue weighted by atomic mass is 79.9. The number of hydrazone groups is 1. The van der Waals surface area contributed by atoms with Crippen LogP contribution in [0.25, 0.3) is 16.6 Å². The topological polar surface area (TPSA) is 79.6 Å². The van der Waals surface area contributed by atoms with E-state index in [1.807, 2.05) is 43.3 Å². The summed E-state index contributed by atoms with van der Waals surface area (Å²) in [4.78, 5) is 32.6. The molecule has 0 spiro atoms. The zero-order chi connectivity index (χ0) is 22.7. The largest absolute Gasteiger partial charge is 0.378 e. The Kier molecular flexibility index (Phi) is 6.13. The van der Waals surface area contributed by atoms with Crippen LogP contribution in [0.3, 0.4) is 0 Å². The summed E-state index contributed by atoms with van der Waals surface area (Å²) in [6.45, 7) is 0. The van der Waals surface area contributed by atoms with E-state index in [2.05, 4.69) is 31.4 Å². The number of aromatic nitrogens is 2. The Morgan fingerprint density at radius 2 is 1.72 bits per heavy atom. The highest BCUT2D eigenvalue weighted by Gasteiger charge is 2.18. The number of para-hydroxylation sites is 1. The van der Waals surface area contributed by atoms with Crippen molar-refractivity contribution < 1.29 is 4.79 Å². The first-order valence-corrected chi connectivity index (χ1v) is 10.6. The average molecular weight is 490 g/mol. The Hall–Kier alpha value is -3.78. The predicted octanol–water partition coefficient (Wildman–Crippen LogP) is 3.98. The highest BCUT2D eigenvalue weighted by molar-refractivity contribution is 9.10. The van der Waals surface area contributed by atoms with Gasteiger partial charge in [0.15, 0.2) is 0 Å². The Labute approximate surface area is 193 Å². The number of nitrogens with zero attached hydrogens (tertiary/aromatic N) is 4. The van der Waals surface area contributed by atoms with Crippen molar-refractivity contribution in [2.75, 3.05) is 19.0 Å². The fourth-order valence-corrected chi connectivity index (χ4v) is 3.45. The number of carbonyl (C=O) groups excluding carboxylic acids is 1. The fraction of sp³-hybridized carbons (Fsp3) is 0.0833. The third-order valence-corrected chi connectivity index (χ3v) is 5.38. The number of hydrogen-bond donors (Lipinski definition) is 1. The molecule has 0 fully saturated rings. The quantitative estimate of drug-likeness (QED) is 0.339. The second kappa shape index (κ2) is 9.15. The van der Waals surface area contributed by atoms with Crippen molar-refractivity contribution in [3.8, 4) is 5.69 Å². The van der Waals surface area contributed by atoms with Gasteiger partial charge in [0, 0.05) is 24.3 Å². The number of benzene rings is 3. The van der Waals surface area contributed by atoms with Gasteiger partial charge in [-0.05, 0) is 54.1 Å². The Morgan fingerprint density at radius 1 is 1.03 bits per heavy atom. The lowest BCUT2D eigenvalue weighted by atomic mass is 10.2. The zero-order valence-corrected chi connectivity index (χ0v) is 19.1. The van der Waals surface area contributed by atoms with Crippen LogP contribution in [0.2, 0.25) is 0 Å². The molecule has 1 heterocycles. The molecule has 0 saturated heterocycles. The van der Waals surface area contributed by atoms with Crippen LogP contribution in [0.4, 0.5) is 5.69 Å². The molecule has 4 aromatic rings. The number of amides is 1. The molecule has 32 heavy (non-hydrogen) atoms. The highest BCUT2D eigenvalue weighted by Crippen LogP contribution is 2.16. The lowest BCUT2D eigenvalue weighted by Crippen LogP contribution is -2.31. The molecule has 0 aliphatic carbocycles. The maximum Gasteiger partial charge on any atom is 0.307 e. The standard InChI is InChI=1S/C24H20BrN5O2/c1-29(2)18-11-7-16(8-12-18)15-26-28-23(31)22-27-21-6-4-3-5-20(21)24(32)30(22)19-13-9-17(25)10-14-19/h3-15H,1-2H3,(H,28,31)/b26-15-. The third-order valence-electron chi connectivity index (χ3n) is 4.85. The molecule has 160 valence electrons. The lowest BCUT2D eigenvalue weighted by molar-refractivity contribution is 0.0942. The van der Waals surface area contributed by atoms with Crippen LogP contribution in [-0.2, 0) is 0 Å². The molecular weight excluding hydrogens is 470 g/mol. The number of hydrogen-bond acceptors (Lipinski definition) is 5.